The first kappa shape index (κ1) is 18.4. The molecule has 2 aromatic rings. The zero-order valence-corrected chi connectivity index (χ0v) is 14.1. The number of phenols is 1. The van der Waals surface area contributed by atoms with E-state index in [1.165, 1.54) is 0 Å². The lowest BCUT2D eigenvalue weighted by molar-refractivity contribution is -0.137. The number of halogens is 3. The number of hydrogen-bond acceptors (Lipinski definition) is 6. The van der Waals surface area contributed by atoms with E-state index in [1.807, 2.05) is 0 Å². The zero-order valence-electron chi connectivity index (χ0n) is 14.1. The van der Waals surface area contributed by atoms with Crippen LogP contribution in [0.5, 0.6) is 5.75 Å². The minimum absolute atomic E-state index is 0.125. The Morgan fingerprint density at radius 2 is 1.88 bits per heavy atom. The molecule has 0 saturated heterocycles. The van der Waals surface area contributed by atoms with Gasteiger partial charge in [0, 0.05) is 5.56 Å². The van der Waals surface area contributed by atoms with E-state index < -0.39 is 23.6 Å². The maximum absolute atomic E-state index is 12.7. The second-order valence-corrected chi connectivity index (χ2v) is 6.40. The number of aromatic hydroxyl groups is 1. The molecule has 0 bridgehead atoms. The molecule has 0 radical (unpaired) electrons. The number of aliphatic hydroxyl groups is 1. The normalized spacial score (nSPS) is 20.8. The highest BCUT2D eigenvalue weighted by atomic mass is 19.4. The Balaban J connectivity index is 1.84. The van der Waals surface area contributed by atoms with Crippen LogP contribution in [-0.4, -0.2) is 37.5 Å². The number of aryl methyl sites for hydroxylation is 1. The van der Waals surface area contributed by atoms with Crippen molar-refractivity contribution in [3.05, 3.63) is 29.5 Å². The first-order valence-corrected chi connectivity index (χ1v) is 8.32. The van der Waals surface area contributed by atoms with Crippen LogP contribution >= 0.6 is 0 Å². The van der Waals surface area contributed by atoms with E-state index in [2.05, 4.69) is 20.5 Å². The summed E-state index contributed by atoms with van der Waals surface area (Å²) < 4.78 is 38.1. The number of alkyl halides is 3. The predicted molar refractivity (Wildman–Crippen MR) is 88.6 cm³/mol. The molecular weight excluding hydrogens is 349 g/mol. The second kappa shape index (κ2) is 7.06. The van der Waals surface area contributed by atoms with Gasteiger partial charge in [-0.15, -0.1) is 10.2 Å². The molecule has 3 N–H and O–H groups in total. The minimum Gasteiger partial charge on any atom is -0.507 e. The number of aromatic nitrogens is 3. The van der Waals surface area contributed by atoms with Crippen molar-refractivity contribution in [2.45, 2.75) is 50.9 Å². The first-order chi connectivity index (χ1) is 12.3. The van der Waals surface area contributed by atoms with Gasteiger partial charge in [0.15, 0.2) is 0 Å². The number of nitrogens with zero attached hydrogens (tertiary/aromatic N) is 3. The van der Waals surface area contributed by atoms with E-state index in [0.29, 0.717) is 18.2 Å². The summed E-state index contributed by atoms with van der Waals surface area (Å²) in [7, 11) is 0. The zero-order chi connectivity index (χ0) is 18.9. The monoisotopic (exact) mass is 368 g/mol. The van der Waals surface area contributed by atoms with Gasteiger partial charge in [-0.05, 0) is 38.0 Å². The summed E-state index contributed by atoms with van der Waals surface area (Å²) in [4.78, 5) is 4.26. The summed E-state index contributed by atoms with van der Waals surface area (Å²) in [5.41, 5.74) is -0.213. The maximum Gasteiger partial charge on any atom is 0.416 e. The van der Waals surface area contributed by atoms with Crippen LogP contribution < -0.4 is 5.32 Å². The number of nitrogens with one attached hydrogen (secondary N) is 1. The van der Waals surface area contributed by atoms with Crippen molar-refractivity contribution in [2.75, 3.05) is 5.32 Å². The highest BCUT2D eigenvalue weighted by Crippen LogP contribution is 2.36. The van der Waals surface area contributed by atoms with Gasteiger partial charge in [0.05, 0.1) is 23.4 Å². The number of rotatable bonds is 3. The van der Waals surface area contributed by atoms with Gasteiger partial charge in [0.25, 0.3) is 0 Å². The molecular formula is C17H19F3N4O2. The Morgan fingerprint density at radius 3 is 2.50 bits per heavy atom. The number of aliphatic hydroxyl groups excluding tert-OH is 1. The summed E-state index contributed by atoms with van der Waals surface area (Å²) in [6.45, 7) is 1.63. The fourth-order valence-corrected chi connectivity index (χ4v) is 3.07. The van der Waals surface area contributed by atoms with Crippen LogP contribution in [0.4, 0.5) is 19.1 Å². The molecule has 1 heterocycles. The molecule has 1 saturated carbocycles. The Labute approximate surface area is 148 Å². The number of benzene rings is 1. The number of anilines is 1. The molecule has 1 aromatic carbocycles. The third-order valence-corrected chi connectivity index (χ3v) is 4.49. The quantitative estimate of drug-likeness (QED) is 0.770. The minimum atomic E-state index is -4.54. The Bertz CT molecular complexity index is 798. The van der Waals surface area contributed by atoms with Gasteiger partial charge in [0.2, 0.25) is 5.95 Å². The first-order valence-electron chi connectivity index (χ1n) is 8.32. The number of phenolic OH excluding ortho intramolecular Hbond substituents is 1. The molecule has 1 aliphatic carbocycles. The van der Waals surface area contributed by atoms with Crippen LogP contribution in [0.25, 0.3) is 11.3 Å². The SMILES string of the molecule is Cc1nc(N[C@@H]2CCCC[C@H]2O)nnc1-c1ccc(C(F)(F)F)cc1O. The van der Waals surface area contributed by atoms with Crippen molar-refractivity contribution < 1.29 is 23.4 Å². The molecule has 0 aliphatic heterocycles. The molecule has 1 aromatic heterocycles. The van der Waals surface area contributed by atoms with Crippen molar-refractivity contribution in [2.24, 2.45) is 0 Å². The topological polar surface area (TPSA) is 91.2 Å². The summed E-state index contributed by atoms with van der Waals surface area (Å²) in [6, 6.07) is 2.52. The van der Waals surface area contributed by atoms with Crippen LogP contribution in [0.3, 0.4) is 0 Å². The third kappa shape index (κ3) is 3.87. The van der Waals surface area contributed by atoms with Crippen molar-refractivity contribution >= 4 is 5.95 Å². The summed E-state index contributed by atoms with van der Waals surface area (Å²) in [5.74, 6) is -0.300. The van der Waals surface area contributed by atoms with Gasteiger partial charge < -0.3 is 15.5 Å². The maximum atomic E-state index is 12.7. The van der Waals surface area contributed by atoms with Crippen LogP contribution in [0.15, 0.2) is 18.2 Å². The standard InChI is InChI=1S/C17H19F3N4O2/c1-9-15(11-7-6-10(8-14(11)26)17(18,19)20)23-24-16(21-9)22-12-4-2-3-5-13(12)25/h6-8,12-13,25-26H,2-5H2,1H3,(H,21,22,24)/t12-,13-/m1/s1. The lowest BCUT2D eigenvalue weighted by atomic mass is 9.93. The molecule has 1 aliphatic rings. The Kier molecular flexibility index (Phi) is 4.99. The number of hydrogen-bond donors (Lipinski definition) is 3. The smallest absolute Gasteiger partial charge is 0.416 e. The van der Waals surface area contributed by atoms with E-state index >= 15 is 0 Å². The van der Waals surface area contributed by atoms with Gasteiger partial charge in [-0.25, -0.2) is 4.98 Å². The molecule has 26 heavy (non-hydrogen) atoms. The molecule has 0 spiro atoms. The van der Waals surface area contributed by atoms with Gasteiger partial charge in [-0.2, -0.15) is 13.2 Å². The summed E-state index contributed by atoms with van der Waals surface area (Å²) >= 11 is 0. The van der Waals surface area contributed by atoms with Gasteiger partial charge in [-0.1, -0.05) is 12.8 Å². The van der Waals surface area contributed by atoms with Gasteiger partial charge in [0.1, 0.15) is 11.4 Å². The summed E-state index contributed by atoms with van der Waals surface area (Å²) in [5, 5.41) is 30.9. The summed E-state index contributed by atoms with van der Waals surface area (Å²) in [6.07, 6.45) is -1.54. The van der Waals surface area contributed by atoms with Gasteiger partial charge >= 0.3 is 6.18 Å². The van der Waals surface area contributed by atoms with Crippen molar-refractivity contribution in [3.8, 4) is 17.0 Å². The average molecular weight is 368 g/mol. The lowest BCUT2D eigenvalue weighted by Gasteiger charge is -2.28. The van der Waals surface area contributed by atoms with Gasteiger partial charge in [-0.3, -0.25) is 0 Å². The Morgan fingerprint density at radius 1 is 1.15 bits per heavy atom. The molecule has 0 amide bonds. The largest absolute Gasteiger partial charge is 0.507 e. The molecule has 0 unspecified atom stereocenters. The van der Waals surface area contributed by atoms with Crippen LogP contribution in [0.1, 0.15) is 36.9 Å². The average Bonchev–Trinajstić information content (AvgIpc) is 2.57. The van der Waals surface area contributed by atoms with E-state index in [4.69, 9.17) is 0 Å². The lowest BCUT2D eigenvalue weighted by Crippen LogP contribution is -2.37. The Hall–Kier alpha value is -2.42. The molecule has 6 nitrogen and oxygen atoms in total. The van der Waals surface area contributed by atoms with E-state index in [9.17, 15) is 23.4 Å². The molecule has 140 valence electrons. The van der Waals surface area contributed by atoms with E-state index in [-0.39, 0.29) is 23.2 Å². The third-order valence-electron chi connectivity index (χ3n) is 4.49. The highest BCUT2D eigenvalue weighted by molar-refractivity contribution is 5.69. The molecule has 1 fully saturated rings. The van der Waals surface area contributed by atoms with E-state index in [0.717, 1.165) is 31.4 Å². The fourth-order valence-electron chi connectivity index (χ4n) is 3.07. The van der Waals surface area contributed by atoms with E-state index in [1.54, 1.807) is 6.92 Å². The van der Waals surface area contributed by atoms with Crippen LogP contribution in [0.2, 0.25) is 0 Å². The van der Waals surface area contributed by atoms with Crippen molar-refractivity contribution in [1.82, 2.24) is 15.2 Å². The van der Waals surface area contributed by atoms with Crippen molar-refractivity contribution in [3.63, 3.8) is 0 Å². The highest BCUT2D eigenvalue weighted by Gasteiger charge is 2.31. The van der Waals surface area contributed by atoms with Crippen molar-refractivity contribution in [1.29, 1.82) is 0 Å². The molecule has 3 rings (SSSR count). The molecule has 9 heteroatoms. The van der Waals surface area contributed by atoms with Crippen LogP contribution in [0, 0.1) is 6.92 Å². The molecule has 2 atom stereocenters. The fraction of sp³-hybridized carbons (Fsp3) is 0.471. The van der Waals surface area contributed by atoms with Crippen LogP contribution in [-0.2, 0) is 6.18 Å². The second-order valence-electron chi connectivity index (χ2n) is 6.40. The predicted octanol–water partition coefficient (Wildman–Crippen LogP) is 3.29.